The van der Waals surface area contributed by atoms with Crippen LogP contribution in [0.1, 0.15) is 42.5 Å². The summed E-state index contributed by atoms with van der Waals surface area (Å²) in [4.78, 5) is 29.2. The zero-order valence-corrected chi connectivity index (χ0v) is 17.8. The Kier molecular flexibility index (Phi) is 5.85. The van der Waals surface area contributed by atoms with Crippen LogP contribution in [0, 0.1) is 11.3 Å². The van der Waals surface area contributed by atoms with E-state index in [1.165, 1.54) is 12.1 Å². The maximum atomic E-state index is 13.3. The molecule has 170 valence electrons. The predicted molar refractivity (Wildman–Crippen MR) is 115 cm³/mol. The van der Waals surface area contributed by atoms with Crippen molar-refractivity contribution in [3.05, 3.63) is 76.5 Å². The molecule has 33 heavy (non-hydrogen) atoms. The number of anilines is 1. The molecule has 9 heteroatoms. The van der Waals surface area contributed by atoms with Gasteiger partial charge in [-0.3, -0.25) is 9.69 Å². The highest BCUT2D eigenvalue weighted by Gasteiger charge is 2.44. The predicted octanol–water partition coefficient (Wildman–Crippen LogP) is 4.74. The van der Waals surface area contributed by atoms with Gasteiger partial charge in [-0.1, -0.05) is 31.5 Å². The van der Waals surface area contributed by atoms with E-state index in [4.69, 9.17) is 5.26 Å². The first-order valence-corrected chi connectivity index (χ1v) is 10.5. The molecule has 6 nitrogen and oxygen atoms in total. The monoisotopic (exact) mass is 454 g/mol. The number of alkyl halides is 3. The third-order valence-electron chi connectivity index (χ3n) is 5.79. The van der Waals surface area contributed by atoms with Crippen LogP contribution in [0.4, 0.5) is 23.7 Å². The highest BCUT2D eigenvalue weighted by atomic mass is 19.4. The smallest absolute Gasteiger partial charge is 0.333 e. The fraction of sp³-hybridized carbons (Fsp3) is 0.292. The highest BCUT2D eigenvalue weighted by Crippen LogP contribution is 2.40. The van der Waals surface area contributed by atoms with Crippen LogP contribution in [-0.2, 0) is 11.0 Å². The lowest BCUT2D eigenvalue weighted by Gasteiger charge is -2.33. The lowest BCUT2D eigenvalue weighted by atomic mass is 9.94. The maximum Gasteiger partial charge on any atom is 0.416 e. The van der Waals surface area contributed by atoms with E-state index in [0.29, 0.717) is 28.9 Å². The van der Waals surface area contributed by atoms with Gasteiger partial charge in [0.2, 0.25) is 0 Å². The van der Waals surface area contributed by atoms with E-state index >= 15 is 0 Å². The van der Waals surface area contributed by atoms with Gasteiger partial charge in [0.05, 0.1) is 46.7 Å². The number of nitriles is 1. The van der Waals surface area contributed by atoms with E-state index in [9.17, 15) is 22.8 Å². The number of nitrogens with zero attached hydrogens (tertiary/aromatic N) is 3. The number of carbonyl (C=O) groups is 2. The molecule has 0 bridgehead atoms. The van der Waals surface area contributed by atoms with Crippen molar-refractivity contribution in [3.8, 4) is 6.07 Å². The Morgan fingerprint density at radius 1 is 1.15 bits per heavy atom. The van der Waals surface area contributed by atoms with Gasteiger partial charge in [0.25, 0.3) is 5.91 Å². The zero-order valence-electron chi connectivity index (χ0n) is 17.8. The van der Waals surface area contributed by atoms with Crippen LogP contribution in [0.2, 0.25) is 0 Å². The average Bonchev–Trinajstić information content (AvgIpc) is 3.12. The van der Waals surface area contributed by atoms with Crippen molar-refractivity contribution in [3.63, 3.8) is 0 Å². The Bertz CT molecular complexity index is 1170. The molecule has 0 saturated carbocycles. The summed E-state index contributed by atoms with van der Waals surface area (Å²) in [7, 11) is 0. The number of hydrogen-bond acceptors (Lipinski definition) is 3. The molecular weight excluding hydrogens is 433 g/mol. The van der Waals surface area contributed by atoms with Crippen LogP contribution in [0.5, 0.6) is 0 Å². The lowest BCUT2D eigenvalue weighted by molar-refractivity contribution is -0.137. The van der Waals surface area contributed by atoms with Gasteiger partial charge in [-0.2, -0.15) is 18.4 Å². The third-order valence-corrected chi connectivity index (χ3v) is 5.79. The average molecular weight is 454 g/mol. The van der Waals surface area contributed by atoms with Crippen molar-refractivity contribution in [2.75, 3.05) is 18.0 Å². The molecular formula is C24H21F3N4O2. The minimum Gasteiger partial charge on any atom is -0.333 e. The third kappa shape index (κ3) is 4.16. The number of hydrogen-bond donors (Lipinski definition) is 1. The summed E-state index contributed by atoms with van der Waals surface area (Å²) in [6.07, 6.45) is -2.94. The molecule has 0 radical (unpaired) electrons. The van der Waals surface area contributed by atoms with E-state index < -0.39 is 23.8 Å². The van der Waals surface area contributed by atoms with E-state index in [1.54, 1.807) is 29.2 Å². The fourth-order valence-corrected chi connectivity index (χ4v) is 4.12. The number of carbonyl (C=O) groups excluding carboxylic acids is 2. The standard InChI is InChI=1S/C24H21F3N4O2/c1-2-3-11-30-14-19-20(22(30)32)21(16-9-7-15(13-28)8-10-16)29-23(33)31(19)18-6-4-5-17(12-18)24(25,26)27/h4-10,12,21H,2-3,11,14H2,1H3,(H,29,33)/t21-/m1/s1. The summed E-state index contributed by atoms with van der Waals surface area (Å²) in [5.74, 6) is -0.259. The number of amides is 3. The van der Waals surface area contributed by atoms with Crippen LogP contribution in [0.25, 0.3) is 0 Å². The molecule has 0 aromatic heterocycles. The van der Waals surface area contributed by atoms with Crippen molar-refractivity contribution < 1.29 is 22.8 Å². The number of urea groups is 1. The van der Waals surface area contributed by atoms with Crippen molar-refractivity contribution >= 4 is 17.6 Å². The molecule has 0 unspecified atom stereocenters. The fourth-order valence-electron chi connectivity index (χ4n) is 4.12. The van der Waals surface area contributed by atoms with Crippen LogP contribution in [0.15, 0.2) is 59.8 Å². The zero-order chi connectivity index (χ0) is 23.8. The van der Waals surface area contributed by atoms with Gasteiger partial charge in [-0.25, -0.2) is 4.79 Å². The minimum atomic E-state index is -4.57. The number of halogens is 3. The molecule has 2 heterocycles. The molecule has 3 amide bonds. The molecule has 2 aromatic rings. The molecule has 2 aromatic carbocycles. The summed E-state index contributed by atoms with van der Waals surface area (Å²) in [5.41, 5.74) is 0.906. The summed E-state index contributed by atoms with van der Waals surface area (Å²) >= 11 is 0. The Morgan fingerprint density at radius 3 is 2.52 bits per heavy atom. The van der Waals surface area contributed by atoms with Crippen LogP contribution in [-0.4, -0.2) is 29.9 Å². The number of nitrogens with one attached hydrogen (secondary N) is 1. The van der Waals surface area contributed by atoms with E-state index in [0.717, 1.165) is 29.9 Å². The Hall–Kier alpha value is -3.80. The maximum absolute atomic E-state index is 13.3. The van der Waals surface area contributed by atoms with E-state index in [2.05, 4.69) is 5.32 Å². The number of rotatable bonds is 5. The summed E-state index contributed by atoms with van der Waals surface area (Å²) in [6.45, 7) is 2.60. The molecule has 0 saturated heterocycles. The SMILES string of the molecule is CCCCN1CC2=C(C1=O)[C@@H](c1ccc(C#N)cc1)NC(=O)N2c1cccc(C(F)(F)F)c1. The van der Waals surface area contributed by atoms with Crippen LogP contribution >= 0.6 is 0 Å². The van der Waals surface area contributed by atoms with Crippen molar-refractivity contribution in [2.45, 2.75) is 32.0 Å². The second-order valence-electron chi connectivity index (χ2n) is 7.94. The Balaban J connectivity index is 1.80. The molecule has 2 aliphatic rings. The summed E-state index contributed by atoms with van der Waals surface area (Å²) < 4.78 is 39.9. The second-order valence-corrected chi connectivity index (χ2v) is 7.94. The van der Waals surface area contributed by atoms with Gasteiger partial charge in [0, 0.05) is 6.54 Å². The number of unbranched alkanes of at least 4 members (excludes halogenated alkanes) is 1. The van der Waals surface area contributed by atoms with Gasteiger partial charge in [0.1, 0.15) is 0 Å². The quantitative estimate of drug-likeness (QED) is 0.709. The molecule has 1 atom stereocenters. The van der Waals surface area contributed by atoms with E-state index in [-0.39, 0.29) is 18.1 Å². The normalized spacial score (nSPS) is 18.3. The Morgan fingerprint density at radius 2 is 1.88 bits per heavy atom. The van der Waals surface area contributed by atoms with Crippen LogP contribution < -0.4 is 10.2 Å². The molecule has 0 spiro atoms. The van der Waals surface area contributed by atoms with Gasteiger partial charge in [-0.15, -0.1) is 0 Å². The van der Waals surface area contributed by atoms with Crippen molar-refractivity contribution in [1.82, 2.24) is 10.2 Å². The first-order chi connectivity index (χ1) is 15.7. The summed E-state index contributed by atoms with van der Waals surface area (Å²) in [5, 5.41) is 11.8. The largest absolute Gasteiger partial charge is 0.416 e. The topological polar surface area (TPSA) is 76.4 Å². The van der Waals surface area contributed by atoms with Gasteiger partial charge in [-0.05, 0) is 42.3 Å². The second kappa shape index (κ2) is 8.62. The molecule has 0 fully saturated rings. The molecule has 2 aliphatic heterocycles. The van der Waals surface area contributed by atoms with Crippen molar-refractivity contribution in [2.24, 2.45) is 0 Å². The summed E-state index contributed by atoms with van der Waals surface area (Å²) in [6, 6.07) is 11.7. The highest BCUT2D eigenvalue weighted by molar-refractivity contribution is 6.07. The van der Waals surface area contributed by atoms with E-state index in [1.807, 2.05) is 13.0 Å². The van der Waals surface area contributed by atoms with Gasteiger partial charge in [0.15, 0.2) is 0 Å². The van der Waals surface area contributed by atoms with Gasteiger partial charge >= 0.3 is 12.2 Å². The lowest BCUT2D eigenvalue weighted by Crippen LogP contribution is -2.47. The van der Waals surface area contributed by atoms with Crippen molar-refractivity contribution in [1.29, 1.82) is 5.26 Å². The number of benzene rings is 2. The minimum absolute atomic E-state index is 0.0400. The van der Waals surface area contributed by atoms with Crippen LogP contribution in [0.3, 0.4) is 0 Å². The Labute approximate surface area is 188 Å². The molecule has 1 N–H and O–H groups in total. The molecule has 0 aliphatic carbocycles. The molecule has 4 rings (SSSR count). The van der Waals surface area contributed by atoms with Gasteiger partial charge < -0.3 is 10.2 Å². The first kappa shape index (κ1) is 22.4. The first-order valence-electron chi connectivity index (χ1n) is 10.5.